The van der Waals surface area contributed by atoms with Gasteiger partial charge in [0.2, 0.25) is 0 Å². The number of unbranched alkanes of at least 4 members (excludes halogenated alkanes) is 22. The Morgan fingerprint density at radius 1 is 0.276 bits per heavy atom. The van der Waals surface area contributed by atoms with E-state index < -0.39 is 6.10 Å². The SMILES string of the molecule is CC/C=C\C/C=C\C/C=C\C/C=C\C/C=C\C/C=C\C/C=C\C/C=C\C/C=C\CCCCCC(=O)OCC(COC(=O)CCCCCCCC)OC(=O)CCCCCCCCCCC/C=C\C/C=C\CCCCCCC. The van der Waals surface area contributed by atoms with Crippen molar-refractivity contribution < 1.29 is 28.6 Å². The van der Waals surface area contributed by atoms with E-state index in [0.717, 1.165) is 128 Å². The molecule has 0 aliphatic heterocycles. The van der Waals surface area contributed by atoms with Gasteiger partial charge in [0.1, 0.15) is 13.2 Å². The molecule has 430 valence electrons. The maximum Gasteiger partial charge on any atom is 0.306 e. The predicted octanol–water partition coefficient (Wildman–Crippen LogP) is 21.4. The average molecular weight is 1050 g/mol. The molecule has 1 unspecified atom stereocenters. The molecule has 6 nitrogen and oxygen atoms in total. The molecule has 0 rings (SSSR count). The topological polar surface area (TPSA) is 78.9 Å². The van der Waals surface area contributed by atoms with Gasteiger partial charge in [0, 0.05) is 19.3 Å². The number of esters is 3. The highest BCUT2D eigenvalue weighted by Crippen LogP contribution is 2.14. The number of carbonyl (C=O) groups is 3. The van der Waals surface area contributed by atoms with Crippen molar-refractivity contribution in [1.29, 1.82) is 0 Å². The molecule has 0 radical (unpaired) electrons. The monoisotopic (exact) mass is 1050 g/mol. The average Bonchev–Trinajstić information content (AvgIpc) is 3.42. The zero-order valence-corrected chi connectivity index (χ0v) is 49.2. The van der Waals surface area contributed by atoms with Crippen molar-refractivity contribution in [3.63, 3.8) is 0 Å². The molecule has 0 saturated heterocycles. The maximum absolute atomic E-state index is 12.8. The van der Waals surface area contributed by atoms with Gasteiger partial charge >= 0.3 is 17.9 Å². The lowest BCUT2D eigenvalue weighted by atomic mass is 10.1. The molecule has 0 amide bonds. The Kier molecular flexibility index (Phi) is 59.4. The summed E-state index contributed by atoms with van der Waals surface area (Å²) in [6.45, 7) is 6.42. The second-order valence-electron chi connectivity index (χ2n) is 20.2. The lowest BCUT2D eigenvalue weighted by molar-refractivity contribution is -0.167. The third-order valence-electron chi connectivity index (χ3n) is 12.9. The molecule has 76 heavy (non-hydrogen) atoms. The van der Waals surface area contributed by atoms with Crippen LogP contribution in [0.3, 0.4) is 0 Å². The number of hydrogen-bond acceptors (Lipinski definition) is 6. The van der Waals surface area contributed by atoms with Crippen LogP contribution < -0.4 is 0 Å². The van der Waals surface area contributed by atoms with Crippen molar-refractivity contribution in [2.24, 2.45) is 0 Å². The summed E-state index contributed by atoms with van der Waals surface area (Å²) in [5, 5.41) is 0. The molecular formula is C70H114O6. The summed E-state index contributed by atoms with van der Waals surface area (Å²) < 4.78 is 16.8. The van der Waals surface area contributed by atoms with Crippen molar-refractivity contribution in [3.05, 3.63) is 134 Å². The van der Waals surface area contributed by atoms with E-state index >= 15 is 0 Å². The van der Waals surface area contributed by atoms with Crippen LogP contribution in [-0.2, 0) is 28.6 Å². The standard InChI is InChI=1S/C70H114O6/c1-4-7-10-13-16-18-20-22-24-26-28-30-31-32-33-34-35-36-37-38-39-41-42-44-46-48-50-52-54-57-60-63-69(72)75-66-67(65-74-68(71)62-59-56-15-12-9-6-3)76-70(73)64-61-58-55-53-51-49-47-45-43-40-29-27-25-23-21-19-17-14-11-8-5-2/h7,10,16,18,21-24,27-30,32-33,35-36,38-39,42,44,48,50,67H,4-6,8-9,11-15,17,19-20,25-26,31,34,37,40-41,43,45-47,49,51-66H2,1-3H3/b10-7-,18-16-,23-21-,24-22-,29-27-,30-28-,33-32-,36-35-,39-38-,44-42-,50-48-. The molecule has 0 aromatic carbocycles. The minimum atomic E-state index is -0.796. The van der Waals surface area contributed by atoms with Crippen LogP contribution in [-0.4, -0.2) is 37.2 Å². The van der Waals surface area contributed by atoms with Gasteiger partial charge in [0.25, 0.3) is 0 Å². The lowest BCUT2D eigenvalue weighted by Crippen LogP contribution is -2.30. The Balaban J connectivity index is 4.22. The minimum Gasteiger partial charge on any atom is -0.462 e. The number of allylic oxidation sites excluding steroid dienone is 22. The highest BCUT2D eigenvalue weighted by atomic mass is 16.6. The summed E-state index contributed by atoms with van der Waals surface area (Å²) in [6.07, 6.45) is 89.1. The number of carbonyl (C=O) groups excluding carboxylic acids is 3. The fraction of sp³-hybridized carbons (Fsp3) is 0.643. The van der Waals surface area contributed by atoms with E-state index in [0.29, 0.717) is 19.3 Å². The Hall–Kier alpha value is -4.45. The molecule has 0 spiro atoms. The van der Waals surface area contributed by atoms with Gasteiger partial charge in [-0.25, -0.2) is 0 Å². The van der Waals surface area contributed by atoms with E-state index in [2.05, 4.69) is 154 Å². The van der Waals surface area contributed by atoms with Gasteiger partial charge in [-0.3, -0.25) is 14.4 Å². The first-order chi connectivity index (χ1) is 37.5. The summed E-state index contributed by atoms with van der Waals surface area (Å²) in [6, 6.07) is 0. The summed E-state index contributed by atoms with van der Waals surface area (Å²) in [5.74, 6) is -0.943. The normalized spacial score (nSPS) is 13.0. The van der Waals surface area contributed by atoms with Crippen molar-refractivity contribution in [2.75, 3.05) is 13.2 Å². The van der Waals surface area contributed by atoms with Crippen LogP contribution in [0.1, 0.15) is 271 Å². The van der Waals surface area contributed by atoms with Crippen LogP contribution in [0.2, 0.25) is 0 Å². The quantitative estimate of drug-likeness (QED) is 0.0261. The summed E-state index contributed by atoms with van der Waals surface area (Å²) in [5.41, 5.74) is 0. The second kappa shape index (κ2) is 63.1. The zero-order chi connectivity index (χ0) is 55.0. The molecule has 0 aromatic rings. The second-order valence-corrected chi connectivity index (χ2v) is 20.2. The van der Waals surface area contributed by atoms with Crippen molar-refractivity contribution in [3.8, 4) is 0 Å². The Labute approximate surface area is 468 Å². The molecule has 0 bridgehead atoms. The lowest BCUT2D eigenvalue weighted by Gasteiger charge is -2.18. The largest absolute Gasteiger partial charge is 0.462 e. The van der Waals surface area contributed by atoms with Crippen molar-refractivity contribution >= 4 is 17.9 Å². The van der Waals surface area contributed by atoms with Crippen molar-refractivity contribution in [2.45, 2.75) is 277 Å². The third kappa shape index (κ3) is 60.4. The Bertz CT molecular complexity index is 1630. The smallest absolute Gasteiger partial charge is 0.306 e. The highest BCUT2D eigenvalue weighted by molar-refractivity contribution is 5.71. The first kappa shape index (κ1) is 71.5. The highest BCUT2D eigenvalue weighted by Gasteiger charge is 2.19. The third-order valence-corrected chi connectivity index (χ3v) is 12.9. The first-order valence-corrected chi connectivity index (χ1v) is 31.2. The molecule has 0 aromatic heterocycles. The van der Waals surface area contributed by atoms with E-state index in [1.165, 1.54) is 103 Å². The Morgan fingerprint density at radius 2 is 0.513 bits per heavy atom. The van der Waals surface area contributed by atoms with Crippen molar-refractivity contribution in [1.82, 2.24) is 0 Å². The van der Waals surface area contributed by atoms with Crippen LogP contribution >= 0.6 is 0 Å². The molecule has 6 heteroatoms. The molecule has 0 aliphatic rings. The first-order valence-electron chi connectivity index (χ1n) is 31.2. The molecule has 0 fully saturated rings. The molecule has 0 N–H and O–H groups in total. The summed E-state index contributed by atoms with van der Waals surface area (Å²) >= 11 is 0. The van der Waals surface area contributed by atoms with Crippen LogP contribution in [0, 0.1) is 0 Å². The fourth-order valence-corrected chi connectivity index (χ4v) is 8.23. The predicted molar refractivity (Wildman–Crippen MR) is 329 cm³/mol. The van der Waals surface area contributed by atoms with E-state index in [4.69, 9.17) is 14.2 Å². The van der Waals surface area contributed by atoms with Crippen LogP contribution in [0.25, 0.3) is 0 Å². The molecule has 1 atom stereocenters. The van der Waals surface area contributed by atoms with Crippen LogP contribution in [0.4, 0.5) is 0 Å². The zero-order valence-electron chi connectivity index (χ0n) is 49.2. The maximum atomic E-state index is 12.8. The van der Waals surface area contributed by atoms with Gasteiger partial charge in [-0.15, -0.1) is 0 Å². The Morgan fingerprint density at radius 3 is 0.816 bits per heavy atom. The van der Waals surface area contributed by atoms with Gasteiger partial charge in [0.15, 0.2) is 6.10 Å². The number of hydrogen-bond donors (Lipinski definition) is 0. The number of rotatable bonds is 55. The van der Waals surface area contributed by atoms with E-state index in [1.54, 1.807) is 0 Å². The summed E-state index contributed by atoms with van der Waals surface area (Å²) in [4.78, 5) is 38.0. The van der Waals surface area contributed by atoms with Crippen LogP contribution in [0.5, 0.6) is 0 Å². The van der Waals surface area contributed by atoms with E-state index in [1.807, 2.05) is 0 Å². The van der Waals surface area contributed by atoms with E-state index in [9.17, 15) is 14.4 Å². The number of ether oxygens (including phenoxy) is 3. The molecular weight excluding hydrogens is 937 g/mol. The molecule has 0 heterocycles. The van der Waals surface area contributed by atoms with Crippen LogP contribution in [0.15, 0.2) is 134 Å². The van der Waals surface area contributed by atoms with Gasteiger partial charge < -0.3 is 14.2 Å². The van der Waals surface area contributed by atoms with E-state index in [-0.39, 0.29) is 31.1 Å². The van der Waals surface area contributed by atoms with Gasteiger partial charge in [-0.1, -0.05) is 264 Å². The van der Waals surface area contributed by atoms with Gasteiger partial charge in [0.05, 0.1) is 0 Å². The fourth-order valence-electron chi connectivity index (χ4n) is 8.23. The minimum absolute atomic E-state index is 0.0933. The van der Waals surface area contributed by atoms with Gasteiger partial charge in [-0.05, 0) is 122 Å². The summed E-state index contributed by atoms with van der Waals surface area (Å²) in [7, 11) is 0. The molecule has 0 saturated carbocycles. The van der Waals surface area contributed by atoms with Gasteiger partial charge in [-0.2, -0.15) is 0 Å². The molecule has 0 aliphatic carbocycles.